The molecule has 0 N–H and O–H groups in total. The van der Waals surface area contributed by atoms with Gasteiger partial charge in [0.25, 0.3) is 0 Å². The van der Waals surface area contributed by atoms with Gasteiger partial charge in [-0.05, 0) is 98.2 Å². The molecule has 2 fully saturated rings. The molecule has 2 aliphatic carbocycles. The predicted molar refractivity (Wildman–Crippen MR) is 176 cm³/mol. The molecule has 42 heavy (non-hydrogen) atoms. The second-order valence-corrected chi connectivity index (χ2v) is 15.6. The number of benzene rings is 4. The Morgan fingerprint density at radius 3 is 2.05 bits per heavy atom. The molecule has 0 bridgehead atoms. The minimum Gasteiger partial charge on any atom is -0.299 e. The van der Waals surface area contributed by atoms with E-state index in [4.69, 9.17) is 23.2 Å². The topological polar surface area (TPSA) is 34.1 Å². The highest BCUT2D eigenvalue weighted by Crippen LogP contribution is 2.54. The van der Waals surface area contributed by atoms with Crippen LogP contribution in [0.1, 0.15) is 53.4 Å². The van der Waals surface area contributed by atoms with Crippen LogP contribution in [0.2, 0.25) is 10.0 Å². The maximum atomic E-state index is 14.6. The number of ketones is 1. The average Bonchev–Trinajstić information content (AvgIpc) is 2.98. The van der Waals surface area contributed by atoms with Gasteiger partial charge in [-0.2, -0.15) is 0 Å². The van der Waals surface area contributed by atoms with Gasteiger partial charge < -0.3 is 0 Å². The zero-order valence-electron chi connectivity index (χ0n) is 23.7. The zero-order valence-corrected chi connectivity index (χ0v) is 26.9. The number of carbonyl (C=O) groups is 1. The van der Waals surface area contributed by atoms with E-state index in [0.29, 0.717) is 22.2 Å². The van der Waals surface area contributed by atoms with Crippen molar-refractivity contribution in [2.75, 3.05) is 0 Å². The van der Waals surface area contributed by atoms with Crippen molar-refractivity contribution in [3.05, 3.63) is 129 Å². The highest BCUT2D eigenvalue weighted by atomic mass is 35.5. The lowest BCUT2D eigenvalue weighted by Gasteiger charge is -2.49. The summed E-state index contributed by atoms with van der Waals surface area (Å²) in [6, 6.07) is 32.6. The highest BCUT2D eigenvalue weighted by Gasteiger charge is 2.52. The van der Waals surface area contributed by atoms with Gasteiger partial charge in [-0.3, -0.25) is 9.00 Å². The van der Waals surface area contributed by atoms with Crippen molar-refractivity contribution in [1.82, 2.24) is 0 Å². The molecule has 7 atom stereocenters. The third-order valence-electron chi connectivity index (χ3n) is 9.02. The molecule has 0 saturated heterocycles. The monoisotopic (exact) mass is 632 g/mol. The molecule has 5 unspecified atom stereocenters. The molecule has 4 aromatic carbocycles. The lowest BCUT2D eigenvalue weighted by molar-refractivity contribution is -0.128. The molecular formula is C36H34Cl2O2S2. The van der Waals surface area contributed by atoms with E-state index in [1.165, 1.54) is 21.6 Å². The van der Waals surface area contributed by atoms with Crippen molar-refractivity contribution in [1.29, 1.82) is 0 Å². The number of Topliss-reactive ketones (excluding diaryl/α,β-unsaturated/α-hetero) is 1. The van der Waals surface area contributed by atoms with E-state index in [-0.39, 0.29) is 34.2 Å². The number of fused-ring (bicyclic) bond motifs is 1. The van der Waals surface area contributed by atoms with Crippen LogP contribution in [0.3, 0.4) is 0 Å². The van der Waals surface area contributed by atoms with E-state index in [0.717, 1.165) is 23.3 Å². The van der Waals surface area contributed by atoms with E-state index in [9.17, 15) is 9.00 Å². The molecule has 0 aromatic heterocycles. The average molecular weight is 634 g/mol. The Kier molecular flexibility index (Phi) is 8.98. The van der Waals surface area contributed by atoms with Crippen molar-refractivity contribution in [3.8, 4) is 0 Å². The number of thioether (sulfide) groups is 1. The second kappa shape index (κ2) is 12.7. The number of hydrogen-bond acceptors (Lipinski definition) is 3. The summed E-state index contributed by atoms with van der Waals surface area (Å²) in [5, 5.41) is 1.35. The van der Waals surface area contributed by atoms with Gasteiger partial charge in [0.15, 0.2) is 0 Å². The predicted octanol–water partition coefficient (Wildman–Crippen LogP) is 9.81. The summed E-state index contributed by atoms with van der Waals surface area (Å²) < 4.78 is 14.6. The Morgan fingerprint density at radius 1 is 0.714 bits per heavy atom. The van der Waals surface area contributed by atoms with E-state index >= 15 is 0 Å². The number of aryl methyl sites for hydroxylation is 2. The summed E-state index contributed by atoms with van der Waals surface area (Å²) in [7, 11) is -1.32. The highest BCUT2D eigenvalue weighted by molar-refractivity contribution is 8.00. The van der Waals surface area contributed by atoms with Crippen LogP contribution in [0.25, 0.3) is 0 Å². The lowest BCUT2D eigenvalue weighted by atomic mass is 9.61. The fraction of sp³-hybridized carbons (Fsp3) is 0.306. The Labute approximate surface area is 265 Å². The minimum atomic E-state index is -1.32. The first kappa shape index (κ1) is 29.7. The normalized spacial score (nSPS) is 26.4. The second-order valence-electron chi connectivity index (χ2n) is 11.8. The van der Waals surface area contributed by atoms with Crippen LogP contribution in [0.5, 0.6) is 0 Å². The summed E-state index contributed by atoms with van der Waals surface area (Å²) in [5.74, 6) is 0.205. The van der Waals surface area contributed by atoms with Crippen LogP contribution in [0, 0.1) is 25.7 Å². The van der Waals surface area contributed by atoms with Crippen molar-refractivity contribution in [3.63, 3.8) is 0 Å². The van der Waals surface area contributed by atoms with Gasteiger partial charge in [-0.1, -0.05) is 82.9 Å². The minimum absolute atomic E-state index is 0.0205. The van der Waals surface area contributed by atoms with Gasteiger partial charge in [0.1, 0.15) is 5.78 Å². The number of rotatable bonds is 6. The third kappa shape index (κ3) is 6.28. The maximum Gasteiger partial charge on any atom is 0.136 e. The quantitative estimate of drug-likeness (QED) is 0.212. The van der Waals surface area contributed by atoms with Crippen LogP contribution >= 0.6 is 35.0 Å². The molecule has 0 heterocycles. The molecule has 0 aliphatic heterocycles. The third-order valence-corrected chi connectivity index (χ3v) is 12.8. The van der Waals surface area contributed by atoms with Gasteiger partial charge in [-0.25, -0.2) is 0 Å². The molecule has 6 rings (SSSR count). The van der Waals surface area contributed by atoms with Crippen LogP contribution in [-0.2, 0) is 15.6 Å². The van der Waals surface area contributed by atoms with E-state index in [1.54, 1.807) is 0 Å². The van der Waals surface area contributed by atoms with Crippen molar-refractivity contribution >= 4 is 51.5 Å². The molecule has 2 nitrogen and oxygen atoms in total. The zero-order chi connectivity index (χ0) is 29.4. The van der Waals surface area contributed by atoms with Gasteiger partial charge in [0.2, 0.25) is 0 Å². The Balaban J connectivity index is 1.42. The van der Waals surface area contributed by atoms with Crippen molar-refractivity contribution < 1.29 is 9.00 Å². The fourth-order valence-electron chi connectivity index (χ4n) is 6.88. The van der Waals surface area contributed by atoms with Crippen LogP contribution in [0.15, 0.2) is 107 Å². The van der Waals surface area contributed by atoms with E-state index in [1.807, 2.05) is 48.2 Å². The Hall–Kier alpha value is -2.37. The Morgan fingerprint density at radius 2 is 1.38 bits per heavy atom. The first-order valence-corrected chi connectivity index (χ1v) is 17.4. The lowest BCUT2D eigenvalue weighted by Crippen LogP contribution is -2.50. The molecule has 2 saturated carbocycles. The van der Waals surface area contributed by atoms with E-state index < -0.39 is 10.8 Å². The molecule has 216 valence electrons. The summed E-state index contributed by atoms with van der Waals surface area (Å²) in [6.45, 7) is 4.16. The SMILES string of the molecule is Cc1ccc(SC2C[C@H]3C(=O)CC(c4ccc(C)cc4)C(S(=O)c4ccc(Cl)cc4)[C@H]3CC2c2cccc(Cl)c2)cc1. The molecule has 0 spiro atoms. The van der Waals surface area contributed by atoms with Crippen LogP contribution in [0.4, 0.5) is 0 Å². The van der Waals surface area contributed by atoms with Crippen LogP contribution in [-0.4, -0.2) is 20.5 Å². The molecule has 6 heteroatoms. The fourth-order valence-corrected chi connectivity index (χ4v) is 10.5. The Bertz CT molecular complexity index is 1580. The van der Waals surface area contributed by atoms with Gasteiger partial charge >= 0.3 is 0 Å². The van der Waals surface area contributed by atoms with E-state index in [2.05, 4.69) is 74.5 Å². The van der Waals surface area contributed by atoms with Gasteiger partial charge in [-0.15, -0.1) is 11.8 Å². The molecule has 0 amide bonds. The first-order valence-electron chi connectivity index (χ1n) is 14.5. The molecule has 0 radical (unpaired) electrons. The summed E-state index contributed by atoms with van der Waals surface area (Å²) >= 11 is 14.6. The molecular weight excluding hydrogens is 599 g/mol. The largest absolute Gasteiger partial charge is 0.299 e. The smallest absolute Gasteiger partial charge is 0.136 e. The van der Waals surface area contributed by atoms with Gasteiger partial charge in [0, 0.05) is 43.3 Å². The van der Waals surface area contributed by atoms with Gasteiger partial charge in [0.05, 0.1) is 16.0 Å². The standard InChI is InChI=1S/C36H34Cl2O2S2/c1-22-6-10-24(11-7-22)31-20-34(39)32-21-35(41-28-14-8-23(2)9-15-28)30(25-4-3-5-27(38)18-25)19-33(32)36(31)42(40)29-16-12-26(37)13-17-29/h3-18,30-33,35-36H,19-21H2,1-2H3/t30?,31?,32-,33+,35?,36?,42?/m1/s1. The summed E-state index contributed by atoms with van der Waals surface area (Å²) in [4.78, 5) is 16.0. The first-order chi connectivity index (χ1) is 20.3. The number of carbonyl (C=O) groups excluding carboxylic acids is 1. The number of hydrogen-bond donors (Lipinski definition) is 0. The van der Waals surface area contributed by atoms with Crippen molar-refractivity contribution in [2.24, 2.45) is 11.8 Å². The maximum absolute atomic E-state index is 14.6. The molecule has 2 aliphatic rings. The van der Waals surface area contributed by atoms with Crippen LogP contribution < -0.4 is 0 Å². The summed E-state index contributed by atoms with van der Waals surface area (Å²) in [6.07, 6.45) is 1.96. The van der Waals surface area contributed by atoms with Crippen molar-refractivity contribution in [2.45, 2.75) is 65.2 Å². The molecule has 4 aromatic rings. The summed E-state index contributed by atoms with van der Waals surface area (Å²) in [5.41, 5.74) is 4.68. The number of halogens is 2.